The van der Waals surface area contributed by atoms with E-state index in [1.807, 2.05) is 0 Å². The molecule has 0 heterocycles. The molecule has 0 amide bonds. The van der Waals surface area contributed by atoms with Gasteiger partial charge in [0.2, 0.25) is 0 Å². The van der Waals surface area contributed by atoms with E-state index in [1.54, 1.807) is 0 Å². The lowest BCUT2D eigenvalue weighted by Crippen LogP contribution is -2.36. The van der Waals surface area contributed by atoms with E-state index in [4.69, 9.17) is 0 Å². The van der Waals surface area contributed by atoms with Crippen LogP contribution in [0, 0.1) is 0 Å². The first-order valence-electron chi connectivity index (χ1n) is 3.18. The topological polar surface area (TPSA) is 12.0 Å². The van der Waals surface area contributed by atoms with Gasteiger partial charge in [0.15, 0.2) is 0 Å². The molecule has 0 aliphatic heterocycles. The first-order valence-corrected chi connectivity index (χ1v) is 6.04. The van der Waals surface area contributed by atoms with E-state index in [9.17, 15) is 0 Å². The number of hydrogen-bond acceptors (Lipinski definition) is 1. The van der Waals surface area contributed by atoms with Gasteiger partial charge in [0.25, 0.3) is 0 Å². The van der Waals surface area contributed by atoms with Crippen LogP contribution in [0.25, 0.3) is 0 Å². The third kappa shape index (κ3) is 8.31. The molecule has 0 fully saturated rings. The molecule has 0 unspecified atom stereocenters. The summed E-state index contributed by atoms with van der Waals surface area (Å²) in [6.45, 7) is 6.60. The predicted molar refractivity (Wildman–Crippen MR) is 48.3 cm³/mol. The monoisotopic (exact) mass is 149 g/mol. The largest absolute Gasteiger partial charge is 0.276 e. The second-order valence-corrected chi connectivity index (χ2v) is 8.07. The highest BCUT2D eigenvalue weighted by molar-refractivity contribution is 8.30. The zero-order valence-corrected chi connectivity index (χ0v) is 8.22. The molecule has 1 N–H and O–H groups in total. The van der Waals surface area contributed by atoms with Crippen molar-refractivity contribution in [2.24, 2.45) is 0 Å². The maximum absolute atomic E-state index is 3.54. The zero-order valence-electron chi connectivity index (χ0n) is 7.41. The minimum absolute atomic E-state index is 0.271. The molecule has 0 aliphatic rings. The molecule has 0 saturated heterocycles. The van der Waals surface area contributed by atoms with Crippen molar-refractivity contribution in [2.75, 3.05) is 18.8 Å². The van der Waals surface area contributed by atoms with E-state index in [-0.39, 0.29) is 5.54 Å². The van der Waals surface area contributed by atoms with Gasteiger partial charge in [0, 0.05) is 5.54 Å². The Kier molecular flexibility index (Phi) is 2.59. The van der Waals surface area contributed by atoms with Gasteiger partial charge in [-0.25, -0.2) is 0 Å². The highest BCUT2D eigenvalue weighted by Gasteiger charge is 2.14. The minimum Gasteiger partial charge on any atom is -0.276 e. The van der Waals surface area contributed by atoms with Crippen LogP contribution in [0.5, 0.6) is 0 Å². The van der Waals surface area contributed by atoms with Crippen molar-refractivity contribution in [3.05, 3.63) is 0 Å². The third-order valence-electron chi connectivity index (χ3n) is 0.612. The molecule has 0 aromatic carbocycles. The summed E-state index contributed by atoms with van der Waals surface area (Å²) in [6.07, 6.45) is 6.79. The van der Waals surface area contributed by atoms with Gasteiger partial charge in [0.1, 0.15) is 0 Å². The highest BCUT2D eigenvalue weighted by Crippen LogP contribution is 2.31. The molecule has 1 nitrogen and oxygen atoms in total. The summed E-state index contributed by atoms with van der Waals surface area (Å²) >= 11 is 0. The van der Waals surface area contributed by atoms with E-state index in [0.29, 0.717) is 0 Å². The number of nitrogens with one attached hydrogen (secondary N) is 1. The van der Waals surface area contributed by atoms with Gasteiger partial charge >= 0.3 is 0 Å². The lowest BCUT2D eigenvalue weighted by Gasteiger charge is -2.35. The summed E-state index contributed by atoms with van der Waals surface area (Å²) in [5, 5.41) is 0. The van der Waals surface area contributed by atoms with Crippen LogP contribution >= 0.6 is 10.2 Å². The first kappa shape index (κ1) is 9.31. The van der Waals surface area contributed by atoms with Gasteiger partial charge < -0.3 is 0 Å². The Hall–Kier alpha value is 0.310. The third-order valence-corrected chi connectivity index (χ3v) is 1.84. The predicted octanol–water partition coefficient (Wildman–Crippen LogP) is 1.98. The summed E-state index contributed by atoms with van der Waals surface area (Å²) < 4.78 is 3.54. The Morgan fingerprint density at radius 3 is 1.33 bits per heavy atom. The lowest BCUT2D eigenvalue weighted by atomic mass is 10.1. The summed E-state index contributed by atoms with van der Waals surface area (Å²) in [6, 6.07) is 0. The second-order valence-electron chi connectivity index (χ2n) is 4.19. The van der Waals surface area contributed by atoms with Crippen LogP contribution in [0.15, 0.2) is 0 Å². The fraction of sp³-hybridized carbons (Fsp3) is 1.00. The van der Waals surface area contributed by atoms with Crippen molar-refractivity contribution in [2.45, 2.75) is 26.3 Å². The average molecular weight is 149 g/mol. The van der Waals surface area contributed by atoms with Gasteiger partial charge in [-0.3, -0.25) is 4.72 Å². The SMILES string of the molecule is CC(C)(C)NS(C)(C)C. The molecule has 0 radical (unpaired) electrons. The smallest absolute Gasteiger partial charge is 0.0183 e. The average Bonchev–Trinajstić information content (AvgIpc) is 1.14. The maximum atomic E-state index is 3.54. The Morgan fingerprint density at radius 1 is 1.00 bits per heavy atom. The summed E-state index contributed by atoms with van der Waals surface area (Å²) in [5.41, 5.74) is 0.271. The van der Waals surface area contributed by atoms with E-state index >= 15 is 0 Å². The van der Waals surface area contributed by atoms with Crippen LogP contribution in [0.2, 0.25) is 0 Å². The molecule has 0 aliphatic carbocycles. The summed E-state index contributed by atoms with van der Waals surface area (Å²) in [5.74, 6) is 0. The Bertz CT molecular complexity index is 74.1. The van der Waals surface area contributed by atoms with Crippen LogP contribution in [-0.2, 0) is 0 Å². The van der Waals surface area contributed by atoms with Crippen molar-refractivity contribution in [1.29, 1.82) is 0 Å². The van der Waals surface area contributed by atoms with Crippen molar-refractivity contribution in [3.8, 4) is 0 Å². The molecule has 0 rings (SSSR count). The normalized spacial score (nSPS) is 15.8. The van der Waals surface area contributed by atoms with Crippen LogP contribution in [0.3, 0.4) is 0 Å². The molecular weight excluding hydrogens is 130 g/mol. The lowest BCUT2D eigenvalue weighted by molar-refractivity contribution is 0.531. The van der Waals surface area contributed by atoms with Crippen LogP contribution in [0.1, 0.15) is 20.8 Å². The molecular formula is C7H19NS. The molecule has 0 spiro atoms. The molecule has 0 bridgehead atoms. The molecule has 0 atom stereocenters. The standard InChI is InChI=1S/C7H19NS/c1-7(2,3)8-9(4,5)6/h8H,1-6H3. The zero-order chi connectivity index (χ0) is 7.71. The molecule has 0 aromatic heterocycles. The van der Waals surface area contributed by atoms with E-state index in [0.717, 1.165) is 0 Å². The van der Waals surface area contributed by atoms with E-state index in [2.05, 4.69) is 44.3 Å². The van der Waals surface area contributed by atoms with Crippen LogP contribution in [-0.4, -0.2) is 24.3 Å². The first-order chi connectivity index (χ1) is 3.71. The van der Waals surface area contributed by atoms with E-state index in [1.165, 1.54) is 0 Å². The Morgan fingerprint density at radius 2 is 1.33 bits per heavy atom. The van der Waals surface area contributed by atoms with Gasteiger partial charge in [-0.1, -0.05) is 0 Å². The fourth-order valence-electron chi connectivity index (χ4n) is 0.919. The molecule has 58 valence electrons. The molecule has 0 aromatic rings. The second kappa shape index (κ2) is 2.51. The highest BCUT2D eigenvalue weighted by atomic mass is 32.3. The van der Waals surface area contributed by atoms with E-state index < -0.39 is 10.2 Å². The maximum Gasteiger partial charge on any atom is 0.0183 e. The quantitative estimate of drug-likeness (QED) is 0.601. The van der Waals surface area contributed by atoms with Gasteiger partial charge in [0.05, 0.1) is 0 Å². The van der Waals surface area contributed by atoms with Crippen molar-refractivity contribution in [1.82, 2.24) is 4.72 Å². The van der Waals surface area contributed by atoms with Gasteiger partial charge in [-0.15, -0.1) is 0 Å². The number of hydrogen-bond donors (Lipinski definition) is 1. The van der Waals surface area contributed by atoms with Crippen LogP contribution < -0.4 is 4.72 Å². The Balaban J connectivity index is 3.75. The van der Waals surface area contributed by atoms with Crippen molar-refractivity contribution in [3.63, 3.8) is 0 Å². The molecule has 0 saturated carbocycles. The minimum atomic E-state index is -0.532. The van der Waals surface area contributed by atoms with Gasteiger partial charge in [-0.2, -0.15) is 10.2 Å². The Labute approximate surface area is 60.7 Å². The van der Waals surface area contributed by atoms with Gasteiger partial charge in [-0.05, 0) is 39.5 Å². The van der Waals surface area contributed by atoms with Crippen LogP contribution in [0.4, 0.5) is 0 Å². The summed E-state index contributed by atoms with van der Waals surface area (Å²) in [4.78, 5) is 0. The van der Waals surface area contributed by atoms with Crippen molar-refractivity contribution >= 4 is 10.2 Å². The number of rotatable bonds is 1. The summed E-state index contributed by atoms with van der Waals surface area (Å²) in [7, 11) is -0.532. The van der Waals surface area contributed by atoms with Crippen molar-refractivity contribution < 1.29 is 0 Å². The molecule has 2 heteroatoms. The molecule has 9 heavy (non-hydrogen) atoms. The fourth-order valence-corrected chi connectivity index (χ4v) is 2.76.